The summed E-state index contributed by atoms with van der Waals surface area (Å²) in [6.07, 6.45) is 8.11. The van der Waals surface area contributed by atoms with Gasteiger partial charge in [0.25, 0.3) is 5.56 Å². The van der Waals surface area contributed by atoms with Crippen molar-refractivity contribution in [1.29, 1.82) is 0 Å². The summed E-state index contributed by atoms with van der Waals surface area (Å²) in [6, 6.07) is 1.76. The highest BCUT2D eigenvalue weighted by molar-refractivity contribution is 7.13. The van der Waals surface area contributed by atoms with Crippen molar-refractivity contribution >= 4 is 22.5 Å². The van der Waals surface area contributed by atoms with Crippen LogP contribution in [0.25, 0.3) is 33.5 Å². The Morgan fingerprint density at radius 2 is 1.71 bits per heavy atom. The van der Waals surface area contributed by atoms with E-state index in [2.05, 4.69) is 33.8 Å². The van der Waals surface area contributed by atoms with Gasteiger partial charge < -0.3 is 4.57 Å². The molecule has 9 nitrogen and oxygen atoms in total. The average molecular weight is 440 g/mol. The first-order chi connectivity index (χ1) is 15.1. The summed E-state index contributed by atoms with van der Waals surface area (Å²) in [4.78, 5) is 45.7. The molecule has 0 aliphatic rings. The first kappa shape index (κ1) is 21.1. The Bertz CT molecular complexity index is 1290. The van der Waals surface area contributed by atoms with Gasteiger partial charge in [0, 0.05) is 30.9 Å². The van der Waals surface area contributed by atoms with Gasteiger partial charge in [0.2, 0.25) is 0 Å². The van der Waals surface area contributed by atoms with Crippen LogP contribution in [0.3, 0.4) is 0 Å². The number of aromatic amines is 1. The molecule has 0 aliphatic carbocycles. The lowest BCUT2D eigenvalue weighted by atomic mass is 10.2. The minimum atomic E-state index is -0.424. The van der Waals surface area contributed by atoms with Crippen LogP contribution in [0.4, 0.5) is 0 Å². The number of H-pyrrole nitrogens is 1. The van der Waals surface area contributed by atoms with E-state index in [1.54, 1.807) is 23.0 Å². The molecule has 0 unspecified atom stereocenters. The van der Waals surface area contributed by atoms with Crippen molar-refractivity contribution in [2.75, 3.05) is 0 Å². The molecule has 1 N–H and O–H groups in total. The normalized spacial score (nSPS) is 11.4. The number of hydrogen-bond acceptors (Lipinski definition) is 7. The largest absolute Gasteiger partial charge is 0.330 e. The van der Waals surface area contributed by atoms with E-state index in [-0.39, 0.29) is 0 Å². The fourth-order valence-electron chi connectivity index (χ4n) is 3.52. The molecule has 4 heterocycles. The van der Waals surface area contributed by atoms with Crippen LogP contribution >= 0.6 is 11.3 Å². The molecule has 4 aromatic rings. The van der Waals surface area contributed by atoms with Gasteiger partial charge in [0.1, 0.15) is 5.69 Å². The molecule has 0 spiro atoms. The topological polar surface area (TPSA) is 111 Å². The third-order valence-electron chi connectivity index (χ3n) is 5.10. The van der Waals surface area contributed by atoms with Gasteiger partial charge in [-0.2, -0.15) is 0 Å². The molecule has 0 saturated carbocycles. The Morgan fingerprint density at radius 3 is 2.45 bits per heavy atom. The highest BCUT2D eigenvalue weighted by atomic mass is 32.1. The van der Waals surface area contributed by atoms with E-state index < -0.39 is 11.2 Å². The number of unbranched alkanes of at least 4 members (excludes halogenated alkanes) is 3. The molecule has 0 bridgehead atoms. The molecular formula is C21H25N7O2S. The molecule has 4 rings (SSSR count). The van der Waals surface area contributed by atoms with Gasteiger partial charge in [-0.1, -0.05) is 33.1 Å². The van der Waals surface area contributed by atoms with Crippen molar-refractivity contribution in [2.45, 2.75) is 59.0 Å². The Labute approximate surface area is 182 Å². The summed E-state index contributed by atoms with van der Waals surface area (Å²) < 4.78 is 3.46. The van der Waals surface area contributed by atoms with E-state index in [0.717, 1.165) is 32.1 Å². The van der Waals surface area contributed by atoms with Gasteiger partial charge in [-0.05, 0) is 18.9 Å². The summed E-state index contributed by atoms with van der Waals surface area (Å²) in [5.41, 5.74) is 0.651. The molecule has 0 fully saturated rings. The zero-order chi connectivity index (χ0) is 21.8. The first-order valence-electron chi connectivity index (χ1n) is 10.6. The third kappa shape index (κ3) is 4.20. The summed E-state index contributed by atoms with van der Waals surface area (Å²) in [5.74, 6) is 1.14. The number of aromatic nitrogens is 7. The SMILES string of the molecule is CCCCCn1c(-c2csc(-c3ncccn3)n2)nc2c1c(=O)[nH]c(=O)n2CCCC. The van der Waals surface area contributed by atoms with E-state index in [1.807, 2.05) is 9.95 Å². The highest BCUT2D eigenvalue weighted by Gasteiger charge is 2.21. The number of aryl methyl sites for hydroxylation is 2. The zero-order valence-corrected chi connectivity index (χ0v) is 18.5. The van der Waals surface area contributed by atoms with Crippen molar-refractivity contribution in [2.24, 2.45) is 0 Å². The van der Waals surface area contributed by atoms with Crippen molar-refractivity contribution < 1.29 is 0 Å². The molecule has 10 heteroatoms. The summed E-state index contributed by atoms with van der Waals surface area (Å²) in [7, 11) is 0. The maximum atomic E-state index is 12.8. The predicted molar refractivity (Wildman–Crippen MR) is 121 cm³/mol. The van der Waals surface area contributed by atoms with Crippen LogP contribution in [0.15, 0.2) is 33.4 Å². The van der Waals surface area contributed by atoms with Crippen molar-refractivity contribution in [3.8, 4) is 22.4 Å². The first-order valence-corrected chi connectivity index (χ1v) is 11.5. The highest BCUT2D eigenvalue weighted by Crippen LogP contribution is 2.28. The number of fused-ring (bicyclic) bond motifs is 1. The second-order valence-corrected chi connectivity index (χ2v) is 8.20. The van der Waals surface area contributed by atoms with Crippen LogP contribution in [0.2, 0.25) is 0 Å². The van der Waals surface area contributed by atoms with Crippen LogP contribution < -0.4 is 11.2 Å². The van der Waals surface area contributed by atoms with Crippen LogP contribution in [0.1, 0.15) is 46.0 Å². The molecule has 0 atom stereocenters. The van der Waals surface area contributed by atoms with Crippen LogP contribution in [0.5, 0.6) is 0 Å². The number of nitrogens with zero attached hydrogens (tertiary/aromatic N) is 6. The summed E-state index contributed by atoms with van der Waals surface area (Å²) >= 11 is 1.43. The lowest BCUT2D eigenvalue weighted by Gasteiger charge is -2.08. The molecule has 0 amide bonds. The van der Waals surface area contributed by atoms with Crippen LogP contribution in [-0.4, -0.2) is 34.1 Å². The Morgan fingerprint density at radius 1 is 0.968 bits per heavy atom. The second kappa shape index (κ2) is 9.34. The smallest absolute Gasteiger partial charge is 0.317 e. The number of imidazole rings is 1. The molecule has 31 heavy (non-hydrogen) atoms. The Balaban J connectivity index is 1.88. The van der Waals surface area contributed by atoms with Crippen LogP contribution in [-0.2, 0) is 13.1 Å². The van der Waals surface area contributed by atoms with Gasteiger partial charge >= 0.3 is 5.69 Å². The summed E-state index contributed by atoms with van der Waals surface area (Å²) in [6.45, 7) is 5.33. The molecule has 0 aliphatic heterocycles. The molecule has 0 radical (unpaired) electrons. The van der Waals surface area contributed by atoms with E-state index in [4.69, 9.17) is 4.98 Å². The predicted octanol–water partition coefficient (Wildman–Crippen LogP) is 3.46. The minimum absolute atomic E-state index is 0.412. The van der Waals surface area contributed by atoms with E-state index in [0.29, 0.717) is 46.6 Å². The van der Waals surface area contributed by atoms with Gasteiger partial charge in [0.15, 0.2) is 27.8 Å². The molecule has 0 aromatic carbocycles. The lowest BCUT2D eigenvalue weighted by molar-refractivity contribution is 0.606. The van der Waals surface area contributed by atoms with Gasteiger partial charge in [-0.25, -0.2) is 24.7 Å². The fourth-order valence-corrected chi connectivity index (χ4v) is 4.26. The number of hydrogen-bond donors (Lipinski definition) is 1. The third-order valence-corrected chi connectivity index (χ3v) is 5.93. The maximum absolute atomic E-state index is 12.8. The molecular weight excluding hydrogens is 414 g/mol. The standard InChI is InChI=1S/C21H25N7O2S/c1-3-5-7-12-27-15-18(28(11-6-4-2)21(30)26-19(15)29)25-17(27)14-13-31-20(24-14)16-22-9-8-10-23-16/h8-10,13H,3-7,11-12H2,1-2H3,(H,26,29,30). The Kier molecular flexibility index (Phi) is 6.36. The van der Waals surface area contributed by atoms with E-state index in [1.165, 1.54) is 11.3 Å². The van der Waals surface area contributed by atoms with E-state index in [9.17, 15) is 9.59 Å². The molecule has 162 valence electrons. The van der Waals surface area contributed by atoms with E-state index >= 15 is 0 Å². The zero-order valence-electron chi connectivity index (χ0n) is 17.7. The van der Waals surface area contributed by atoms with Crippen molar-refractivity contribution in [3.05, 3.63) is 44.7 Å². The van der Waals surface area contributed by atoms with Crippen LogP contribution in [0, 0.1) is 0 Å². The second-order valence-electron chi connectivity index (χ2n) is 7.34. The number of thiazole rings is 1. The maximum Gasteiger partial charge on any atom is 0.330 e. The Hall–Kier alpha value is -3.14. The molecule has 0 saturated heterocycles. The molecule has 4 aromatic heterocycles. The summed E-state index contributed by atoms with van der Waals surface area (Å²) in [5, 5.41) is 2.58. The monoisotopic (exact) mass is 439 g/mol. The quantitative estimate of drug-likeness (QED) is 0.400. The number of rotatable bonds is 9. The fraction of sp³-hybridized carbons (Fsp3) is 0.429. The number of nitrogens with one attached hydrogen (secondary N) is 1. The van der Waals surface area contributed by atoms with Gasteiger partial charge in [-0.3, -0.25) is 14.3 Å². The van der Waals surface area contributed by atoms with Crippen molar-refractivity contribution in [3.63, 3.8) is 0 Å². The van der Waals surface area contributed by atoms with Gasteiger partial charge in [0.05, 0.1) is 0 Å². The van der Waals surface area contributed by atoms with Crippen molar-refractivity contribution in [1.82, 2.24) is 34.1 Å². The van der Waals surface area contributed by atoms with Gasteiger partial charge in [-0.15, -0.1) is 11.3 Å². The average Bonchev–Trinajstić information content (AvgIpc) is 3.40. The lowest BCUT2D eigenvalue weighted by Crippen LogP contribution is -2.31. The minimum Gasteiger partial charge on any atom is -0.317 e.